The van der Waals surface area contributed by atoms with Gasteiger partial charge >= 0.3 is 0 Å². The van der Waals surface area contributed by atoms with Crippen molar-refractivity contribution in [2.24, 2.45) is 0 Å². The van der Waals surface area contributed by atoms with Crippen LogP contribution >= 0.6 is 0 Å². The molecule has 2 rings (SSSR count). The minimum absolute atomic E-state index is 0.0309. The van der Waals surface area contributed by atoms with Gasteiger partial charge in [-0.3, -0.25) is 4.79 Å². The molecule has 6 nitrogen and oxygen atoms in total. The molecular weight excluding hydrogens is 308 g/mol. The third-order valence-electron chi connectivity index (χ3n) is 5.07. The topological polar surface area (TPSA) is 63.9 Å². The van der Waals surface area contributed by atoms with Crippen LogP contribution in [0.2, 0.25) is 0 Å². The number of amides is 1. The second-order valence-electron chi connectivity index (χ2n) is 6.72. The molecule has 1 saturated carbocycles. The van der Waals surface area contributed by atoms with Gasteiger partial charge in [-0.25, -0.2) is 0 Å². The Balaban J connectivity index is 2.00. The van der Waals surface area contributed by atoms with Crippen molar-refractivity contribution in [3.63, 3.8) is 0 Å². The smallest absolute Gasteiger partial charge is 0.287 e. The SMILES string of the molecule is COC(OC)c1ccc(C(=O)NCC2(N(C)C)CCCCCC2)o1. The second-order valence-corrected chi connectivity index (χ2v) is 6.72. The van der Waals surface area contributed by atoms with Gasteiger partial charge in [-0.1, -0.05) is 25.7 Å². The molecule has 0 saturated heterocycles. The van der Waals surface area contributed by atoms with E-state index in [1.54, 1.807) is 12.1 Å². The van der Waals surface area contributed by atoms with Crippen LogP contribution in [-0.4, -0.2) is 51.2 Å². The number of nitrogens with zero attached hydrogens (tertiary/aromatic N) is 1. The number of methoxy groups -OCH3 is 2. The Morgan fingerprint density at radius 3 is 2.38 bits per heavy atom. The van der Waals surface area contributed by atoms with Crippen molar-refractivity contribution in [3.05, 3.63) is 23.7 Å². The minimum atomic E-state index is -0.596. The van der Waals surface area contributed by atoms with Crippen molar-refractivity contribution in [2.45, 2.75) is 50.4 Å². The summed E-state index contributed by atoms with van der Waals surface area (Å²) in [5, 5.41) is 3.05. The molecule has 0 aliphatic heterocycles. The van der Waals surface area contributed by atoms with Crippen LogP contribution in [0.1, 0.15) is 61.1 Å². The summed E-state index contributed by atoms with van der Waals surface area (Å²) < 4.78 is 15.9. The molecule has 1 aliphatic carbocycles. The summed E-state index contributed by atoms with van der Waals surface area (Å²) in [5.74, 6) is 0.575. The average Bonchev–Trinajstić information content (AvgIpc) is 2.92. The van der Waals surface area contributed by atoms with Crippen LogP contribution in [0.3, 0.4) is 0 Å². The van der Waals surface area contributed by atoms with Crippen LogP contribution in [0.25, 0.3) is 0 Å². The third-order valence-corrected chi connectivity index (χ3v) is 5.07. The molecule has 1 aromatic heterocycles. The number of ether oxygens (including phenoxy) is 2. The molecule has 136 valence electrons. The highest BCUT2D eigenvalue weighted by molar-refractivity contribution is 5.91. The summed E-state index contributed by atoms with van der Waals surface area (Å²) in [7, 11) is 7.27. The van der Waals surface area contributed by atoms with Crippen LogP contribution in [0.5, 0.6) is 0 Å². The first-order valence-corrected chi connectivity index (χ1v) is 8.63. The van der Waals surface area contributed by atoms with E-state index in [0.29, 0.717) is 12.3 Å². The number of hydrogen-bond acceptors (Lipinski definition) is 5. The summed E-state index contributed by atoms with van der Waals surface area (Å²) in [6, 6.07) is 3.37. The van der Waals surface area contributed by atoms with Gasteiger partial charge in [0.2, 0.25) is 6.29 Å². The average molecular weight is 338 g/mol. The zero-order chi connectivity index (χ0) is 17.6. The Labute approximate surface area is 144 Å². The minimum Gasteiger partial charge on any atom is -0.451 e. The molecule has 6 heteroatoms. The highest BCUT2D eigenvalue weighted by Gasteiger charge is 2.33. The zero-order valence-electron chi connectivity index (χ0n) is 15.3. The van der Waals surface area contributed by atoms with E-state index in [-0.39, 0.29) is 17.2 Å². The van der Waals surface area contributed by atoms with E-state index in [0.717, 1.165) is 12.8 Å². The van der Waals surface area contributed by atoms with Crippen molar-refractivity contribution in [1.29, 1.82) is 0 Å². The number of hydrogen-bond donors (Lipinski definition) is 1. The van der Waals surface area contributed by atoms with Gasteiger partial charge in [-0.15, -0.1) is 0 Å². The van der Waals surface area contributed by atoms with Gasteiger partial charge in [0.25, 0.3) is 5.91 Å². The van der Waals surface area contributed by atoms with E-state index in [1.165, 1.54) is 39.9 Å². The van der Waals surface area contributed by atoms with Crippen LogP contribution in [0.15, 0.2) is 16.5 Å². The lowest BCUT2D eigenvalue weighted by Crippen LogP contribution is -2.52. The first kappa shape index (κ1) is 19.0. The van der Waals surface area contributed by atoms with Crippen molar-refractivity contribution in [3.8, 4) is 0 Å². The van der Waals surface area contributed by atoms with Crippen molar-refractivity contribution >= 4 is 5.91 Å². The molecule has 0 spiro atoms. The van der Waals surface area contributed by atoms with Crippen molar-refractivity contribution in [1.82, 2.24) is 10.2 Å². The molecule has 0 bridgehead atoms. The van der Waals surface area contributed by atoms with Crippen LogP contribution in [0, 0.1) is 0 Å². The van der Waals surface area contributed by atoms with E-state index in [9.17, 15) is 4.79 Å². The Morgan fingerprint density at radius 2 is 1.83 bits per heavy atom. The maximum atomic E-state index is 12.4. The third kappa shape index (κ3) is 4.37. The molecule has 0 aromatic carbocycles. The zero-order valence-corrected chi connectivity index (χ0v) is 15.3. The predicted octanol–water partition coefficient (Wildman–Crippen LogP) is 2.96. The molecule has 0 radical (unpaired) electrons. The van der Waals surface area contributed by atoms with Crippen LogP contribution in [0.4, 0.5) is 0 Å². The molecule has 1 heterocycles. The summed E-state index contributed by atoms with van der Waals surface area (Å²) >= 11 is 0. The van der Waals surface area contributed by atoms with Crippen molar-refractivity contribution < 1.29 is 18.7 Å². The van der Waals surface area contributed by atoms with Crippen LogP contribution in [-0.2, 0) is 9.47 Å². The largest absolute Gasteiger partial charge is 0.451 e. The summed E-state index contributed by atoms with van der Waals surface area (Å²) in [5.41, 5.74) is 0.0309. The second kappa shape index (κ2) is 8.65. The lowest BCUT2D eigenvalue weighted by atomic mass is 9.88. The molecule has 1 fully saturated rings. The monoisotopic (exact) mass is 338 g/mol. The molecule has 24 heavy (non-hydrogen) atoms. The maximum absolute atomic E-state index is 12.4. The molecule has 0 atom stereocenters. The van der Waals surface area contributed by atoms with E-state index in [2.05, 4.69) is 24.3 Å². The summed E-state index contributed by atoms with van der Waals surface area (Å²) in [6.45, 7) is 0.632. The van der Waals surface area contributed by atoms with E-state index >= 15 is 0 Å². The first-order chi connectivity index (χ1) is 11.5. The predicted molar refractivity (Wildman–Crippen MR) is 91.9 cm³/mol. The Bertz CT molecular complexity index is 515. The van der Waals surface area contributed by atoms with E-state index in [1.807, 2.05) is 0 Å². The van der Waals surface area contributed by atoms with Gasteiger partial charge < -0.3 is 24.1 Å². The van der Waals surface area contributed by atoms with Gasteiger partial charge in [0, 0.05) is 26.3 Å². The molecule has 1 N–H and O–H groups in total. The van der Waals surface area contributed by atoms with Gasteiger partial charge in [0.15, 0.2) is 11.5 Å². The quantitative estimate of drug-likeness (QED) is 0.612. The maximum Gasteiger partial charge on any atom is 0.287 e. The van der Waals surface area contributed by atoms with Crippen molar-refractivity contribution in [2.75, 3.05) is 34.9 Å². The van der Waals surface area contributed by atoms with Crippen LogP contribution < -0.4 is 5.32 Å². The molecule has 1 amide bonds. The standard InChI is InChI=1S/C18H30N2O4/c1-20(2)18(11-7-5-6-8-12-18)13-19-16(21)14-9-10-15(24-14)17(22-3)23-4/h9-10,17H,5-8,11-13H2,1-4H3,(H,19,21). The number of nitrogens with one attached hydrogen (secondary N) is 1. The van der Waals surface area contributed by atoms with Gasteiger partial charge in [0.1, 0.15) is 0 Å². The molecule has 0 unspecified atom stereocenters. The molecule has 1 aromatic rings. The number of carbonyl (C=O) groups excluding carboxylic acids is 1. The number of carbonyl (C=O) groups is 1. The highest BCUT2D eigenvalue weighted by Crippen LogP contribution is 2.30. The fraction of sp³-hybridized carbons (Fsp3) is 0.722. The number of rotatable bonds is 7. The molecular formula is C18H30N2O4. The Kier molecular flexibility index (Phi) is 6.83. The van der Waals surface area contributed by atoms with Gasteiger partial charge in [-0.05, 0) is 39.1 Å². The number of furan rings is 1. The summed E-state index contributed by atoms with van der Waals surface area (Å²) in [4.78, 5) is 14.7. The van der Waals surface area contributed by atoms with E-state index < -0.39 is 6.29 Å². The van der Waals surface area contributed by atoms with Gasteiger partial charge in [-0.2, -0.15) is 0 Å². The summed E-state index contributed by atoms with van der Waals surface area (Å²) in [6.07, 6.45) is 6.60. The normalized spacial score (nSPS) is 17.9. The van der Waals surface area contributed by atoms with E-state index in [4.69, 9.17) is 13.9 Å². The highest BCUT2D eigenvalue weighted by atomic mass is 16.7. The Morgan fingerprint density at radius 1 is 1.21 bits per heavy atom. The molecule has 1 aliphatic rings. The van der Waals surface area contributed by atoms with Gasteiger partial charge in [0.05, 0.1) is 0 Å². The number of likely N-dealkylation sites (N-methyl/N-ethyl adjacent to an activating group) is 1. The lowest BCUT2D eigenvalue weighted by Gasteiger charge is -2.39. The lowest BCUT2D eigenvalue weighted by molar-refractivity contribution is -0.118. The Hall–Kier alpha value is -1.37. The fourth-order valence-electron chi connectivity index (χ4n) is 3.43. The fourth-order valence-corrected chi connectivity index (χ4v) is 3.43. The first-order valence-electron chi connectivity index (χ1n) is 8.63.